The molecule has 0 aliphatic carbocycles. The lowest BCUT2D eigenvalue weighted by atomic mass is 10.2. The molecule has 0 amide bonds. The number of carbonyl (C=O) groups is 1. The molecule has 0 saturated carbocycles. The molecular formula is C12H13N3O3. The minimum Gasteiger partial charge on any atom is -0.480 e. The summed E-state index contributed by atoms with van der Waals surface area (Å²) in [5.74, 6) is -0.0601. The zero-order valence-electron chi connectivity index (χ0n) is 9.83. The van der Waals surface area contributed by atoms with E-state index in [4.69, 9.17) is 9.63 Å². The van der Waals surface area contributed by atoms with E-state index in [1.165, 1.54) is 0 Å². The lowest BCUT2D eigenvalue weighted by Crippen LogP contribution is -2.33. The van der Waals surface area contributed by atoms with Gasteiger partial charge >= 0.3 is 5.97 Å². The van der Waals surface area contributed by atoms with Crippen LogP contribution < -0.4 is 5.32 Å². The van der Waals surface area contributed by atoms with E-state index in [2.05, 4.69) is 15.5 Å². The molecule has 0 unspecified atom stereocenters. The van der Waals surface area contributed by atoms with Gasteiger partial charge in [0.25, 0.3) is 0 Å². The van der Waals surface area contributed by atoms with Crippen LogP contribution in [-0.2, 0) is 11.3 Å². The monoisotopic (exact) mass is 247 g/mol. The molecule has 1 heterocycles. The highest BCUT2D eigenvalue weighted by Gasteiger charge is 2.13. The van der Waals surface area contributed by atoms with E-state index in [-0.39, 0.29) is 6.54 Å². The van der Waals surface area contributed by atoms with Crippen LogP contribution in [0.15, 0.2) is 34.9 Å². The van der Waals surface area contributed by atoms with Crippen molar-refractivity contribution in [1.82, 2.24) is 15.5 Å². The van der Waals surface area contributed by atoms with Crippen molar-refractivity contribution in [2.75, 3.05) is 0 Å². The Labute approximate surface area is 104 Å². The number of hydrogen-bond acceptors (Lipinski definition) is 5. The second-order valence-corrected chi connectivity index (χ2v) is 3.82. The average Bonchev–Trinajstić information content (AvgIpc) is 2.85. The van der Waals surface area contributed by atoms with E-state index in [0.717, 1.165) is 5.56 Å². The molecule has 0 aliphatic rings. The van der Waals surface area contributed by atoms with Crippen LogP contribution in [0.5, 0.6) is 0 Å². The van der Waals surface area contributed by atoms with Crippen LogP contribution in [0.2, 0.25) is 0 Å². The molecule has 0 bridgehead atoms. The van der Waals surface area contributed by atoms with Crippen LogP contribution in [0.3, 0.4) is 0 Å². The van der Waals surface area contributed by atoms with Gasteiger partial charge < -0.3 is 9.63 Å². The van der Waals surface area contributed by atoms with Gasteiger partial charge in [-0.1, -0.05) is 35.5 Å². The summed E-state index contributed by atoms with van der Waals surface area (Å²) >= 11 is 0. The summed E-state index contributed by atoms with van der Waals surface area (Å²) in [6.07, 6.45) is 0. The normalized spacial score (nSPS) is 12.3. The van der Waals surface area contributed by atoms with Crippen LogP contribution in [0.1, 0.15) is 12.8 Å². The van der Waals surface area contributed by atoms with Gasteiger partial charge in [-0.05, 0) is 6.92 Å². The molecule has 0 aliphatic heterocycles. The Hall–Kier alpha value is -2.21. The number of hydrogen-bond donors (Lipinski definition) is 2. The maximum atomic E-state index is 10.6. The summed E-state index contributed by atoms with van der Waals surface area (Å²) in [6.45, 7) is 1.78. The number of benzene rings is 1. The first-order valence-corrected chi connectivity index (χ1v) is 5.51. The molecule has 6 nitrogen and oxygen atoms in total. The number of aromatic nitrogens is 2. The molecule has 1 aromatic carbocycles. The first kappa shape index (κ1) is 12.3. The van der Waals surface area contributed by atoms with Gasteiger partial charge in [-0.3, -0.25) is 10.1 Å². The minimum atomic E-state index is -0.919. The van der Waals surface area contributed by atoms with Crippen LogP contribution in [0.25, 0.3) is 11.4 Å². The smallest absolute Gasteiger partial charge is 0.320 e. The standard InChI is InChI=1S/C12H13N3O3/c1-8(12(16)17)13-7-10-14-11(15-18-10)9-5-3-2-4-6-9/h2-6,8,13H,7H2,1H3,(H,16,17)/t8-/m1/s1. The molecule has 2 aromatic rings. The van der Waals surface area contributed by atoms with Gasteiger partial charge in [0.15, 0.2) is 0 Å². The topological polar surface area (TPSA) is 88.3 Å². The maximum absolute atomic E-state index is 10.6. The average molecular weight is 247 g/mol. The number of nitrogens with one attached hydrogen (secondary N) is 1. The zero-order valence-corrected chi connectivity index (χ0v) is 9.83. The number of carboxylic acid groups (broad SMARTS) is 1. The molecule has 1 atom stereocenters. The van der Waals surface area contributed by atoms with Gasteiger partial charge in [0, 0.05) is 5.56 Å². The van der Waals surface area contributed by atoms with Gasteiger partial charge in [-0.2, -0.15) is 4.98 Å². The molecule has 0 spiro atoms. The fraction of sp³-hybridized carbons (Fsp3) is 0.250. The Morgan fingerprint density at radius 2 is 2.17 bits per heavy atom. The molecular weight excluding hydrogens is 234 g/mol. The summed E-state index contributed by atoms with van der Waals surface area (Å²) < 4.78 is 5.03. The third-order valence-electron chi connectivity index (χ3n) is 2.43. The molecule has 2 N–H and O–H groups in total. The SMILES string of the molecule is C[C@@H](NCc1nc(-c2ccccc2)no1)C(=O)O. The van der Waals surface area contributed by atoms with E-state index < -0.39 is 12.0 Å². The maximum Gasteiger partial charge on any atom is 0.320 e. The van der Waals surface area contributed by atoms with E-state index in [1.807, 2.05) is 30.3 Å². The number of carboxylic acids is 1. The predicted molar refractivity (Wildman–Crippen MR) is 63.7 cm³/mol. The summed E-state index contributed by atoms with van der Waals surface area (Å²) in [5.41, 5.74) is 0.860. The second-order valence-electron chi connectivity index (χ2n) is 3.82. The van der Waals surface area contributed by atoms with Gasteiger partial charge in [0.1, 0.15) is 6.04 Å². The summed E-state index contributed by atoms with van der Waals surface area (Å²) in [7, 11) is 0. The van der Waals surface area contributed by atoms with E-state index >= 15 is 0 Å². The first-order chi connectivity index (χ1) is 8.66. The fourth-order valence-electron chi connectivity index (χ4n) is 1.36. The Kier molecular flexibility index (Phi) is 3.69. The van der Waals surface area contributed by atoms with Gasteiger partial charge in [-0.25, -0.2) is 0 Å². The van der Waals surface area contributed by atoms with Gasteiger partial charge in [-0.15, -0.1) is 0 Å². The number of rotatable bonds is 5. The minimum absolute atomic E-state index is 0.229. The third-order valence-corrected chi connectivity index (χ3v) is 2.43. The van der Waals surface area contributed by atoms with Gasteiger partial charge in [0.2, 0.25) is 11.7 Å². The van der Waals surface area contributed by atoms with Crippen molar-refractivity contribution in [3.8, 4) is 11.4 Å². The van der Waals surface area contributed by atoms with Crippen molar-refractivity contribution < 1.29 is 14.4 Å². The summed E-state index contributed by atoms with van der Waals surface area (Å²) in [5, 5.41) is 15.3. The Bertz CT molecular complexity index is 524. The lowest BCUT2D eigenvalue weighted by Gasteiger charge is -2.05. The molecule has 0 fully saturated rings. The van der Waals surface area contributed by atoms with Crippen LogP contribution in [-0.4, -0.2) is 27.3 Å². The first-order valence-electron chi connectivity index (χ1n) is 5.51. The highest BCUT2D eigenvalue weighted by Crippen LogP contribution is 2.14. The predicted octanol–water partition coefficient (Wildman–Crippen LogP) is 1.30. The number of aliphatic carboxylic acids is 1. The molecule has 94 valence electrons. The molecule has 0 radical (unpaired) electrons. The van der Waals surface area contributed by atoms with Crippen molar-refractivity contribution >= 4 is 5.97 Å². The van der Waals surface area contributed by atoms with E-state index in [9.17, 15) is 4.79 Å². The highest BCUT2D eigenvalue weighted by atomic mass is 16.5. The molecule has 1 aromatic heterocycles. The van der Waals surface area contributed by atoms with Crippen molar-refractivity contribution in [2.45, 2.75) is 19.5 Å². The third kappa shape index (κ3) is 2.92. The quantitative estimate of drug-likeness (QED) is 0.827. The summed E-state index contributed by atoms with van der Waals surface area (Å²) in [6, 6.07) is 8.77. The largest absolute Gasteiger partial charge is 0.480 e. The van der Waals surface area contributed by atoms with Crippen molar-refractivity contribution in [3.05, 3.63) is 36.2 Å². The molecule has 18 heavy (non-hydrogen) atoms. The Morgan fingerprint density at radius 3 is 2.83 bits per heavy atom. The summed E-state index contributed by atoms with van der Waals surface area (Å²) in [4.78, 5) is 14.8. The molecule has 2 rings (SSSR count). The second kappa shape index (κ2) is 5.42. The van der Waals surface area contributed by atoms with Crippen molar-refractivity contribution in [1.29, 1.82) is 0 Å². The number of nitrogens with zero attached hydrogens (tertiary/aromatic N) is 2. The van der Waals surface area contributed by atoms with E-state index in [1.54, 1.807) is 6.92 Å². The van der Waals surface area contributed by atoms with Crippen LogP contribution >= 0.6 is 0 Å². The fourth-order valence-corrected chi connectivity index (χ4v) is 1.36. The highest BCUT2D eigenvalue weighted by molar-refractivity contribution is 5.72. The van der Waals surface area contributed by atoms with Gasteiger partial charge in [0.05, 0.1) is 6.54 Å². The Morgan fingerprint density at radius 1 is 1.44 bits per heavy atom. The Balaban J connectivity index is 2.01. The lowest BCUT2D eigenvalue weighted by molar-refractivity contribution is -0.139. The van der Waals surface area contributed by atoms with Crippen LogP contribution in [0, 0.1) is 0 Å². The van der Waals surface area contributed by atoms with Crippen LogP contribution in [0.4, 0.5) is 0 Å². The van der Waals surface area contributed by atoms with Crippen molar-refractivity contribution in [3.63, 3.8) is 0 Å². The van der Waals surface area contributed by atoms with Crippen molar-refractivity contribution in [2.24, 2.45) is 0 Å². The molecule has 6 heteroatoms. The zero-order chi connectivity index (χ0) is 13.0. The molecule has 0 saturated heterocycles. The van der Waals surface area contributed by atoms with E-state index in [0.29, 0.717) is 11.7 Å².